The molecule has 3 N–H and O–H groups in total. The van der Waals surface area contributed by atoms with Gasteiger partial charge in [0, 0.05) is 19.3 Å². The molecule has 3 amide bonds. The highest BCUT2D eigenvalue weighted by atomic mass is 31.2. The van der Waals surface area contributed by atoms with E-state index in [1.807, 2.05) is 0 Å². The van der Waals surface area contributed by atoms with Gasteiger partial charge in [0.15, 0.2) is 7.14 Å². The van der Waals surface area contributed by atoms with E-state index >= 15 is 0 Å². The van der Waals surface area contributed by atoms with Crippen LogP contribution in [0.15, 0.2) is 0 Å². The van der Waals surface area contributed by atoms with Crippen LogP contribution in [0.4, 0.5) is 0 Å². The Bertz CT molecular complexity index is 528. The summed E-state index contributed by atoms with van der Waals surface area (Å²) in [6.45, 7) is 0. The number of hydrogen-bond acceptors (Lipinski definition) is 4. The zero-order valence-electron chi connectivity index (χ0n) is 15.3. The summed E-state index contributed by atoms with van der Waals surface area (Å²) in [6.07, 6.45) is 8.12. The molecular formula is C18H30N3O4P. The maximum absolute atomic E-state index is 14.5. The van der Waals surface area contributed by atoms with E-state index in [0.29, 0.717) is 38.5 Å². The minimum atomic E-state index is -3.14. The molecule has 3 heterocycles. The van der Waals surface area contributed by atoms with Crippen molar-refractivity contribution in [2.24, 2.45) is 0 Å². The van der Waals surface area contributed by atoms with Crippen LogP contribution in [0.3, 0.4) is 0 Å². The van der Waals surface area contributed by atoms with Crippen molar-refractivity contribution in [3.8, 4) is 0 Å². The van der Waals surface area contributed by atoms with Crippen molar-refractivity contribution >= 4 is 24.9 Å². The largest absolute Gasteiger partial charge is 0.346 e. The number of rotatable bonds is 3. The fourth-order valence-electron chi connectivity index (χ4n) is 4.42. The fourth-order valence-corrected chi connectivity index (χ4v) is 8.52. The number of amides is 3. The summed E-state index contributed by atoms with van der Waals surface area (Å²) in [6, 6.07) is 0. The van der Waals surface area contributed by atoms with Crippen molar-refractivity contribution in [1.29, 1.82) is 0 Å². The van der Waals surface area contributed by atoms with Crippen molar-refractivity contribution in [2.75, 3.05) is 0 Å². The lowest BCUT2D eigenvalue weighted by Gasteiger charge is -2.39. The molecule has 0 aromatic heterocycles. The van der Waals surface area contributed by atoms with Gasteiger partial charge in [0.1, 0.15) is 0 Å². The van der Waals surface area contributed by atoms with E-state index in [-0.39, 0.29) is 17.7 Å². The Hall–Kier alpha value is -1.36. The monoisotopic (exact) mass is 383 g/mol. The third-order valence-electron chi connectivity index (χ3n) is 5.84. The molecule has 3 unspecified atom stereocenters. The minimum Gasteiger partial charge on any atom is -0.346 e. The van der Waals surface area contributed by atoms with Crippen LogP contribution < -0.4 is 16.0 Å². The standard InChI is InChI=1S/C18H30N3O4P/c22-13-7-1-4-10-16(19-13)26(25,17-11-5-2-8-14(23)20-17)18-12-6-3-9-15(24)21-18/h16-18H,1-12H2,(H,19,22)(H,20,23)(H,21,24). The van der Waals surface area contributed by atoms with Gasteiger partial charge in [0.25, 0.3) is 0 Å². The molecule has 26 heavy (non-hydrogen) atoms. The lowest BCUT2D eigenvalue weighted by Crippen LogP contribution is -2.48. The van der Waals surface area contributed by atoms with E-state index < -0.39 is 24.5 Å². The van der Waals surface area contributed by atoms with Gasteiger partial charge in [-0.25, -0.2) is 0 Å². The molecule has 0 spiro atoms. The summed E-state index contributed by atoms with van der Waals surface area (Å²) < 4.78 is 14.5. The second-order valence-corrected chi connectivity index (χ2v) is 11.1. The molecule has 146 valence electrons. The normalized spacial score (nSPS) is 33.5. The van der Waals surface area contributed by atoms with Gasteiger partial charge in [-0.15, -0.1) is 0 Å². The van der Waals surface area contributed by atoms with E-state index in [9.17, 15) is 18.9 Å². The van der Waals surface area contributed by atoms with Gasteiger partial charge in [-0.1, -0.05) is 19.3 Å². The van der Waals surface area contributed by atoms with Crippen molar-refractivity contribution in [2.45, 2.75) is 94.4 Å². The molecule has 3 fully saturated rings. The average Bonchev–Trinajstić information content (AvgIpc) is 3.06. The number of carbonyl (C=O) groups excluding carboxylic acids is 3. The third kappa shape index (κ3) is 4.30. The highest BCUT2D eigenvalue weighted by molar-refractivity contribution is 7.66. The van der Waals surface area contributed by atoms with Crippen LogP contribution in [0.5, 0.6) is 0 Å². The highest BCUT2D eigenvalue weighted by Gasteiger charge is 2.49. The van der Waals surface area contributed by atoms with E-state index in [1.54, 1.807) is 0 Å². The molecule has 0 radical (unpaired) electrons. The Kier molecular flexibility index (Phi) is 6.38. The van der Waals surface area contributed by atoms with Crippen LogP contribution in [-0.2, 0) is 18.9 Å². The second kappa shape index (κ2) is 8.55. The molecule has 0 aromatic rings. The molecule has 0 aliphatic carbocycles. The van der Waals surface area contributed by atoms with Gasteiger partial charge >= 0.3 is 0 Å². The van der Waals surface area contributed by atoms with Crippen LogP contribution >= 0.6 is 7.14 Å². The maximum Gasteiger partial charge on any atom is 0.220 e. The van der Waals surface area contributed by atoms with Gasteiger partial charge < -0.3 is 20.5 Å². The van der Waals surface area contributed by atoms with Crippen LogP contribution in [0.1, 0.15) is 77.0 Å². The molecule has 3 rings (SSSR count). The van der Waals surface area contributed by atoms with Crippen LogP contribution in [-0.4, -0.2) is 35.1 Å². The van der Waals surface area contributed by atoms with Crippen molar-refractivity contribution in [3.05, 3.63) is 0 Å². The van der Waals surface area contributed by atoms with Gasteiger partial charge in [-0.05, 0) is 38.5 Å². The fraction of sp³-hybridized carbons (Fsp3) is 0.833. The zero-order valence-corrected chi connectivity index (χ0v) is 16.2. The Morgan fingerprint density at radius 1 is 0.577 bits per heavy atom. The summed E-state index contributed by atoms with van der Waals surface area (Å²) in [5.74, 6) is -1.63. The third-order valence-corrected chi connectivity index (χ3v) is 9.92. The van der Waals surface area contributed by atoms with Gasteiger partial charge in [0.05, 0.1) is 17.3 Å². The van der Waals surface area contributed by atoms with E-state index in [2.05, 4.69) is 16.0 Å². The number of nitrogens with one attached hydrogen (secondary N) is 3. The molecule has 3 aliphatic heterocycles. The Labute approximate surface area is 154 Å². The first-order valence-corrected chi connectivity index (χ1v) is 11.9. The van der Waals surface area contributed by atoms with Crippen LogP contribution in [0.2, 0.25) is 0 Å². The van der Waals surface area contributed by atoms with Crippen molar-refractivity contribution < 1.29 is 18.9 Å². The maximum atomic E-state index is 14.5. The number of hydrogen-bond donors (Lipinski definition) is 3. The summed E-state index contributed by atoms with van der Waals surface area (Å²) in [5, 5.41) is 8.94. The first-order valence-electron chi connectivity index (χ1n) is 9.97. The lowest BCUT2D eigenvalue weighted by atomic mass is 10.2. The first-order chi connectivity index (χ1) is 12.5. The lowest BCUT2D eigenvalue weighted by molar-refractivity contribution is -0.121. The number of carbonyl (C=O) groups is 3. The molecule has 7 nitrogen and oxygen atoms in total. The van der Waals surface area contributed by atoms with Gasteiger partial charge in [-0.3, -0.25) is 14.4 Å². The Balaban J connectivity index is 1.95. The molecule has 8 heteroatoms. The quantitative estimate of drug-likeness (QED) is 0.651. The van der Waals surface area contributed by atoms with Crippen LogP contribution in [0, 0.1) is 0 Å². The summed E-state index contributed by atoms with van der Waals surface area (Å²) in [5.41, 5.74) is 0. The smallest absolute Gasteiger partial charge is 0.220 e. The van der Waals surface area contributed by atoms with Crippen molar-refractivity contribution in [1.82, 2.24) is 16.0 Å². The molecule has 3 saturated heterocycles. The van der Waals surface area contributed by atoms with E-state index in [1.165, 1.54) is 0 Å². The molecular weight excluding hydrogens is 353 g/mol. The molecule has 3 atom stereocenters. The zero-order chi connectivity index (χ0) is 18.6. The van der Waals surface area contributed by atoms with Crippen molar-refractivity contribution in [3.63, 3.8) is 0 Å². The summed E-state index contributed by atoms with van der Waals surface area (Å²) >= 11 is 0. The Morgan fingerprint density at radius 2 is 0.885 bits per heavy atom. The molecule has 0 aromatic carbocycles. The summed E-state index contributed by atoms with van der Waals surface area (Å²) in [7, 11) is -3.14. The average molecular weight is 383 g/mol. The first kappa shape index (κ1) is 19.4. The predicted molar refractivity (Wildman–Crippen MR) is 98.8 cm³/mol. The highest BCUT2D eigenvalue weighted by Crippen LogP contribution is 2.61. The predicted octanol–water partition coefficient (Wildman–Crippen LogP) is 2.40. The SMILES string of the molecule is O=C1CCCCC(P(=O)(C2CCCCC(=O)N2)C2CCCCC(=O)N2)N1. The van der Waals surface area contributed by atoms with E-state index in [0.717, 1.165) is 38.5 Å². The van der Waals surface area contributed by atoms with Gasteiger partial charge in [0.2, 0.25) is 17.7 Å². The minimum absolute atomic E-state index is 0.0763. The topological polar surface area (TPSA) is 104 Å². The molecule has 0 bridgehead atoms. The second-order valence-electron chi connectivity index (χ2n) is 7.75. The van der Waals surface area contributed by atoms with Gasteiger partial charge in [-0.2, -0.15) is 0 Å². The Morgan fingerprint density at radius 3 is 1.19 bits per heavy atom. The molecule has 3 aliphatic rings. The summed E-state index contributed by atoms with van der Waals surface area (Å²) in [4.78, 5) is 36.5. The van der Waals surface area contributed by atoms with Crippen LogP contribution in [0.25, 0.3) is 0 Å². The van der Waals surface area contributed by atoms with E-state index in [4.69, 9.17) is 0 Å². The molecule has 0 saturated carbocycles.